The summed E-state index contributed by atoms with van der Waals surface area (Å²) in [4.78, 5) is 13.5. The highest BCUT2D eigenvalue weighted by Crippen LogP contribution is 2.35. The maximum absolute atomic E-state index is 12.5. The van der Waals surface area contributed by atoms with Gasteiger partial charge in [0.15, 0.2) is 23.0 Å². The van der Waals surface area contributed by atoms with Gasteiger partial charge < -0.3 is 24.3 Å². The van der Waals surface area contributed by atoms with Crippen LogP contribution in [0.2, 0.25) is 0 Å². The molecule has 28 heavy (non-hydrogen) atoms. The molecule has 1 amide bonds. The Balaban J connectivity index is 1.57. The van der Waals surface area contributed by atoms with E-state index in [0.29, 0.717) is 31.3 Å². The highest BCUT2D eigenvalue weighted by Gasteiger charge is 2.17. The third kappa shape index (κ3) is 5.04. The van der Waals surface area contributed by atoms with Gasteiger partial charge in [-0.05, 0) is 42.8 Å². The van der Waals surface area contributed by atoms with Crippen LogP contribution in [0, 0.1) is 0 Å². The number of hydrogen-bond donors (Lipinski definition) is 1. The van der Waals surface area contributed by atoms with Crippen LogP contribution in [0.25, 0.3) is 0 Å². The Morgan fingerprint density at radius 1 is 1.07 bits per heavy atom. The van der Waals surface area contributed by atoms with Crippen LogP contribution >= 0.6 is 11.8 Å². The van der Waals surface area contributed by atoms with Crippen LogP contribution in [0.15, 0.2) is 41.3 Å². The van der Waals surface area contributed by atoms with Gasteiger partial charge in [-0.15, -0.1) is 11.8 Å². The number of ether oxygens (including phenoxy) is 4. The van der Waals surface area contributed by atoms with E-state index in [0.717, 1.165) is 28.4 Å². The zero-order chi connectivity index (χ0) is 19.9. The molecule has 1 aliphatic rings. The number of methoxy groups -OCH3 is 2. The fourth-order valence-electron chi connectivity index (χ4n) is 2.80. The third-order valence-electron chi connectivity index (χ3n) is 4.32. The summed E-state index contributed by atoms with van der Waals surface area (Å²) in [6.45, 7) is 3.61. The SMILES string of the molecule is COc1ccc(CNC(=O)[C@H](C)Sc2ccc3c(c2)OCCCO3)cc1OC. The van der Waals surface area contributed by atoms with Crippen molar-refractivity contribution in [1.29, 1.82) is 0 Å². The molecule has 0 saturated heterocycles. The summed E-state index contributed by atoms with van der Waals surface area (Å²) in [6, 6.07) is 11.4. The predicted octanol–water partition coefficient (Wildman–Crippen LogP) is 3.66. The maximum atomic E-state index is 12.5. The molecule has 1 N–H and O–H groups in total. The quantitative estimate of drug-likeness (QED) is 0.712. The molecular formula is C21H25NO5S. The number of rotatable bonds is 7. The first-order chi connectivity index (χ1) is 13.6. The average Bonchev–Trinajstić information content (AvgIpc) is 2.96. The van der Waals surface area contributed by atoms with Gasteiger partial charge in [0.2, 0.25) is 5.91 Å². The summed E-state index contributed by atoms with van der Waals surface area (Å²) >= 11 is 1.49. The molecule has 0 fully saturated rings. The summed E-state index contributed by atoms with van der Waals surface area (Å²) in [5, 5.41) is 2.72. The molecule has 6 nitrogen and oxygen atoms in total. The second-order valence-electron chi connectivity index (χ2n) is 6.33. The molecule has 150 valence electrons. The molecule has 2 aromatic carbocycles. The van der Waals surface area contributed by atoms with Crippen molar-refractivity contribution in [2.75, 3.05) is 27.4 Å². The van der Waals surface area contributed by atoms with E-state index in [1.807, 2.05) is 43.3 Å². The number of fused-ring (bicyclic) bond motifs is 1. The van der Waals surface area contributed by atoms with Gasteiger partial charge in [0.05, 0.1) is 32.7 Å². The van der Waals surface area contributed by atoms with Gasteiger partial charge in [-0.1, -0.05) is 6.07 Å². The summed E-state index contributed by atoms with van der Waals surface area (Å²) in [5.41, 5.74) is 0.943. The number of hydrogen-bond acceptors (Lipinski definition) is 6. The fourth-order valence-corrected chi connectivity index (χ4v) is 3.72. The van der Waals surface area contributed by atoms with E-state index in [4.69, 9.17) is 18.9 Å². The van der Waals surface area contributed by atoms with Gasteiger partial charge in [0, 0.05) is 17.9 Å². The first-order valence-electron chi connectivity index (χ1n) is 9.15. The van der Waals surface area contributed by atoms with Crippen LogP contribution in [0.1, 0.15) is 18.9 Å². The van der Waals surface area contributed by atoms with E-state index in [1.54, 1.807) is 14.2 Å². The van der Waals surface area contributed by atoms with Crippen LogP contribution < -0.4 is 24.3 Å². The molecule has 1 aliphatic heterocycles. The van der Waals surface area contributed by atoms with Crippen molar-refractivity contribution in [2.45, 2.75) is 30.0 Å². The van der Waals surface area contributed by atoms with Gasteiger partial charge in [-0.2, -0.15) is 0 Å². The lowest BCUT2D eigenvalue weighted by atomic mass is 10.2. The molecule has 0 aliphatic carbocycles. The van der Waals surface area contributed by atoms with E-state index in [9.17, 15) is 4.79 Å². The fraction of sp³-hybridized carbons (Fsp3) is 0.381. The van der Waals surface area contributed by atoms with Crippen molar-refractivity contribution in [2.24, 2.45) is 0 Å². The van der Waals surface area contributed by atoms with Gasteiger partial charge in [-0.3, -0.25) is 4.79 Å². The Bertz CT molecular complexity index is 826. The molecule has 3 rings (SSSR count). The van der Waals surface area contributed by atoms with Crippen molar-refractivity contribution in [1.82, 2.24) is 5.32 Å². The Labute approximate surface area is 169 Å². The zero-order valence-electron chi connectivity index (χ0n) is 16.3. The topological polar surface area (TPSA) is 66.0 Å². The van der Waals surface area contributed by atoms with Crippen LogP contribution in [0.5, 0.6) is 23.0 Å². The number of carbonyl (C=O) groups is 1. The minimum atomic E-state index is -0.245. The number of amides is 1. The van der Waals surface area contributed by atoms with Crippen molar-refractivity contribution < 1.29 is 23.7 Å². The average molecular weight is 404 g/mol. The Kier molecular flexibility index (Phi) is 6.92. The number of benzene rings is 2. The van der Waals surface area contributed by atoms with Crippen molar-refractivity contribution >= 4 is 17.7 Å². The summed E-state index contributed by atoms with van der Waals surface area (Å²) in [6.07, 6.45) is 0.867. The molecule has 2 aromatic rings. The van der Waals surface area contributed by atoms with Crippen LogP contribution in [-0.4, -0.2) is 38.6 Å². The van der Waals surface area contributed by atoms with Crippen molar-refractivity contribution in [3.05, 3.63) is 42.0 Å². The van der Waals surface area contributed by atoms with E-state index in [1.165, 1.54) is 11.8 Å². The highest BCUT2D eigenvalue weighted by molar-refractivity contribution is 8.00. The minimum absolute atomic E-state index is 0.0353. The standard InChI is InChI=1S/C21H25NO5S/c1-14(28-16-6-8-18-20(12-16)27-10-4-9-26-18)21(23)22-13-15-5-7-17(24-2)19(11-15)25-3/h5-8,11-12,14H,4,9-10,13H2,1-3H3,(H,22,23)/t14-/m0/s1. The second kappa shape index (κ2) is 9.59. The van der Waals surface area contributed by atoms with Crippen LogP contribution in [-0.2, 0) is 11.3 Å². The summed E-state index contributed by atoms with van der Waals surface area (Å²) in [7, 11) is 3.19. The Hall–Kier alpha value is -2.54. The first kappa shape index (κ1) is 20.2. The summed E-state index contributed by atoms with van der Waals surface area (Å²) < 4.78 is 21.9. The highest BCUT2D eigenvalue weighted by atomic mass is 32.2. The predicted molar refractivity (Wildman–Crippen MR) is 109 cm³/mol. The van der Waals surface area contributed by atoms with E-state index >= 15 is 0 Å². The lowest BCUT2D eigenvalue weighted by Gasteiger charge is -2.14. The summed E-state index contributed by atoms with van der Waals surface area (Å²) in [5.74, 6) is 2.76. The minimum Gasteiger partial charge on any atom is -0.493 e. The second-order valence-corrected chi connectivity index (χ2v) is 7.74. The van der Waals surface area contributed by atoms with Gasteiger partial charge in [0.1, 0.15) is 0 Å². The number of nitrogens with one attached hydrogen (secondary N) is 1. The molecule has 0 saturated carbocycles. The number of thioether (sulfide) groups is 1. The van der Waals surface area contributed by atoms with Gasteiger partial charge >= 0.3 is 0 Å². The molecule has 0 aromatic heterocycles. The number of carbonyl (C=O) groups excluding carboxylic acids is 1. The lowest BCUT2D eigenvalue weighted by molar-refractivity contribution is -0.120. The van der Waals surface area contributed by atoms with Gasteiger partial charge in [0.25, 0.3) is 0 Å². The molecular weight excluding hydrogens is 378 g/mol. The molecule has 0 unspecified atom stereocenters. The van der Waals surface area contributed by atoms with E-state index in [-0.39, 0.29) is 11.2 Å². The Morgan fingerprint density at radius 3 is 2.57 bits per heavy atom. The molecule has 0 radical (unpaired) electrons. The van der Waals surface area contributed by atoms with Crippen molar-refractivity contribution in [3.8, 4) is 23.0 Å². The van der Waals surface area contributed by atoms with Crippen LogP contribution in [0.4, 0.5) is 0 Å². The smallest absolute Gasteiger partial charge is 0.233 e. The van der Waals surface area contributed by atoms with E-state index < -0.39 is 0 Å². The van der Waals surface area contributed by atoms with Crippen molar-refractivity contribution in [3.63, 3.8) is 0 Å². The zero-order valence-corrected chi connectivity index (χ0v) is 17.1. The Morgan fingerprint density at radius 2 is 1.82 bits per heavy atom. The van der Waals surface area contributed by atoms with E-state index in [2.05, 4.69) is 5.32 Å². The van der Waals surface area contributed by atoms with Crippen LogP contribution in [0.3, 0.4) is 0 Å². The molecule has 1 atom stereocenters. The normalized spacial score (nSPS) is 14.0. The monoisotopic (exact) mass is 403 g/mol. The van der Waals surface area contributed by atoms with Gasteiger partial charge in [-0.25, -0.2) is 0 Å². The molecule has 0 spiro atoms. The third-order valence-corrected chi connectivity index (χ3v) is 5.41. The molecule has 1 heterocycles. The largest absolute Gasteiger partial charge is 0.493 e. The molecule has 7 heteroatoms. The lowest BCUT2D eigenvalue weighted by Crippen LogP contribution is -2.30. The maximum Gasteiger partial charge on any atom is 0.233 e. The first-order valence-corrected chi connectivity index (χ1v) is 10.0. The molecule has 0 bridgehead atoms.